The first-order chi connectivity index (χ1) is 8.33. The average Bonchev–Trinajstić information content (AvgIpc) is 2.94. The zero-order chi connectivity index (χ0) is 11.7. The fourth-order valence-corrected chi connectivity index (χ4v) is 2.29. The molecule has 6 nitrogen and oxygen atoms in total. The number of benzene rings is 1. The van der Waals surface area contributed by atoms with E-state index in [1.165, 1.54) is 11.1 Å². The maximum Gasteiger partial charge on any atom is 0.188 e. The maximum absolute atomic E-state index is 9.41. The highest BCUT2D eigenvalue weighted by Crippen LogP contribution is 2.33. The summed E-state index contributed by atoms with van der Waals surface area (Å²) in [5.41, 5.74) is 2.47. The average molecular weight is 231 g/mol. The highest BCUT2D eigenvalue weighted by molar-refractivity contribution is 5.39. The summed E-state index contributed by atoms with van der Waals surface area (Å²) < 4.78 is 0. The molecule has 0 spiro atoms. The van der Waals surface area contributed by atoms with E-state index in [9.17, 15) is 5.11 Å². The number of phenolic OH excluding ortho intramolecular Hbond substituents is 1. The van der Waals surface area contributed by atoms with Crippen molar-refractivity contribution in [2.75, 3.05) is 0 Å². The number of aromatic nitrogens is 4. The summed E-state index contributed by atoms with van der Waals surface area (Å²) in [6.45, 7) is 0.599. The molecular formula is C11H13N5O. The Labute approximate surface area is 98.1 Å². The number of aromatic amines is 1. The molecule has 0 aliphatic heterocycles. The molecule has 0 amide bonds. The van der Waals surface area contributed by atoms with Gasteiger partial charge in [0, 0.05) is 6.04 Å². The van der Waals surface area contributed by atoms with Gasteiger partial charge < -0.3 is 10.4 Å². The number of hydrogen-bond acceptors (Lipinski definition) is 5. The van der Waals surface area contributed by atoms with Crippen molar-refractivity contribution in [3.8, 4) is 5.75 Å². The van der Waals surface area contributed by atoms with Gasteiger partial charge in [0.25, 0.3) is 0 Å². The molecule has 1 aliphatic rings. The molecule has 0 bridgehead atoms. The molecule has 1 unspecified atom stereocenters. The number of fused-ring (bicyclic) bond motifs is 1. The second kappa shape index (κ2) is 4.14. The Morgan fingerprint density at radius 3 is 3.24 bits per heavy atom. The van der Waals surface area contributed by atoms with E-state index in [0.29, 0.717) is 24.2 Å². The lowest BCUT2D eigenvalue weighted by atomic mass is 10.1. The Bertz CT molecular complexity index is 511. The van der Waals surface area contributed by atoms with Crippen LogP contribution in [0.5, 0.6) is 5.75 Å². The minimum atomic E-state index is 0.309. The van der Waals surface area contributed by atoms with Crippen LogP contribution < -0.4 is 5.32 Å². The van der Waals surface area contributed by atoms with Crippen molar-refractivity contribution in [3.63, 3.8) is 0 Å². The molecule has 0 saturated carbocycles. The number of aryl methyl sites for hydroxylation is 1. The van der Waals surface area contributed by atoms with Crippen LogP contribution in [0.2, 0.25) is 0 Å². The van der Waals surface area contributed by atoms with Crippen LogP contribution in [-0.4, -0.2) is 25.7 Å². The van der Waals surface area contributed by atoms with Crippen LogP contribution in [0.1, 0.15) is 29.4 Å². The third-order valence-electron chi connectivity index (χ3n) is 3.10. The predicted molar refractivity (Wildman–Crippen MR) is 60.2 cm³/mol. The highest BCUT2D eigenvalue weighted by atomic mass is 16.3. The minimum absolute atomic E-state index is 0.309. The van der Waals surface area contributed by atoms with E-state index >= 15 is 0 Å². The summed E-state index contributed by atoms with van der Waals surface area (Å²) in [7, 11) is 0. The Morgan fingerprint density at radius 1 is 1.47 bits per heavy atom. The van der Waals surface area contributed by atoms with Gasteiger partial charge >= 0.3 is 0 Å². The van der Waals surface area contributed by atoms with Crippen molar-refractivity contribution >= 4 is 0 Å². The summed E-state index contributed by atoms with van der Waals surface area (Å²) in [6.07, 6.45) is 2.03. The second-order valence-corrected chi connectivity index (χ2v) is 4.18. The predicted octanol–water partition coefficient (Wildman–Crippen LogP) is 0.682. The molecule has 1 heterocycles. The monoisotopic (exact) mass is 231 g/mol. The molecule has 1 atom stereocenters. The molecular weight excluding hydrogens is 218 g/mol. The van der Waals surface area contributed by atoms with E-state index in [0.717, 1.165) is 12.8 Å². The van der Waals surface area contributed by atoms with Crippen molar-refractivity contribution < 1.29 is 5.11 Å². The van der Waals surface area contributed by atoms with Crippen molar-refractivity contribution in [1.82, 2.24) is 25.9 Å². The number of aromatic hydroxyl groups is 1. The largest absolute Gasteiger partial charge is 0.508 e. The molecule has 2 aromatic rings. The number of nitrogens with zero attached hydrogens (tertiary/aromatic N) is 3. The fraction of sp³-hybridized carbons (Fsp3) is 0.364. The normalized spacial score (nSPS) is 18.2. The van der Waals surface area contributed by atoms with E-state index in [4.69, 9.17) is 0 Å². The number of rotatable bonds is 3. The maximum atomic E-state index is 9.41. The highest BCUT2D eigenvalue weighted by Gasteiger charge is 2.22. The van der Waals surface area contributed by atoms with Gasteiger partial charge in [0.2, 0.25) is 0 Å². The molecule has 1 aliphatic carbocycles. The van der Waals surface area contributed by atoms with Crippen molar-refractivity contribution in [1.29, 1.82) is 0 Å². The lowest BCUT2D eigenvalue weighted by Gasteiger charge is -2.12. The molecule has 17 heavy (non-hydrogen) atoms. The molecule has 0 saturated heterocycles. The van der Waals surface area contributed by atoms with E-state index in [1.54, 1.807) is 6.07 Å². The van der Waals surface area contributed by atoms with Gasteiger partial charge in [0.15, 0.2) is 5.82 Å². The Balaban J connectivity index is 1.71. The summed E-state index contributed by atoms with van der Waals surface area (Å²) in [6, 6.07) is 5.86. The van der Waals surface area contributed by atoms with E-state index in [1.807, 2.05) is 12.1 Å². The Hall–Kier alpha value is -1.95. The molecule has 3 N–H and O–H groups in total. The van der Waals surface area contributed by atoms with E-state index < -0.39 is 0 Å². The third-order valence-corrected chi connectivity index (χ3v) is 3.10. The van der Waals surface area contributed by atoms with Crippen molar-refractivity contribution in [3.05, 3.63) is 35.2 Å². The van der Waals surface area contributed by atoms with Gasteiger partial charge in [-0.2, -0.15) is 5.21 Å². The number of phenols is 1. The number of H-pyrrole nitrogens is 1. The van der Waals surface area contributed by atoms with Gasteiger partial charge in [-0.05, 0) is 36.1 Å². The number of hydrogen-bond donors (Lipinski definition) is 3. The summed E-state index contributed by atoms with van der Waals surface area (Å²) in [5, 5.41) is 26.5. The van der Waals surface area contributed by atoms with Gasteiger partial charge in [0.05, 0.1) is 6.54 Å². The molecule has 6 heteroatoms. The van der Waals surface area contributed by atoms with Crippen LogP contribution in [0, 0.1) is 0 Å². The standard InChI is InChI=1S/C11H13N5O/c17-8-2-3-9-7(5-8)1-4-10(9)12-6-11-13-15-16-14-11/h2-3,5,10,12,17H,1,4,6H2,(H,13,14,15,16). The van der Waals surface area contributed by atoms with E-state index in [2.05, 4.69) is 25.9 Å². The fourth-order valence-electron chi connectivity index (χ4n) is 2.29. The lowest BCUT2D eigenvalue weighted by Crippen LogP contribution is -2.19. The summed E-state index contributed by atoms with van der Waals surface area (Å²) in [4.78, 5) is 0. The second-order valence-electron chi connectivity index (χ2n) is 4.18. The first-order valence-electron chi connectivity index (χ1n) is 5.60. The van der Waals surface area contributed by atoms with Crippen LogP contribution in [0.15, 0.2) is 18.2 Å². The van der Waals surface area contributed by atoms with Crippen LogP contribution in [-0.2, 0) is 13.0 Å². The molecule has 0 fully saturated rings. The molecule has 1 aromatic carbocycles. The first-order valence-corrected chi connectivity index (χ1v) is 5.60. The van der Waals surface area contributed by atoms with Crippen LogP contribution >= 0.6 is 0 Å². The molecule has 1 aromatic heterocycles. The molecule has 3 rings (SSSR count). The Kier molecular flexibility index (Phi) is 2.49. The van der Waals surface area contributed by atoms with Crippen molar-refractivity contribution in [2.45, 2.75) is 25.4 Å². The van der Waals surface area contributed by atoms with Gasteiger partial charge in [-0.15, -0.1) is 10.2 Å². The van der Waals surface area contributed by atoms with Gasteiger partial charge in [-0.25, -0.2) is 0 Å². The zero-order valence-corrected chi connectivity index (χ0v) is 9.22. The SMILES string of the molecule is Oc1ccc2c(c1)CCC2NCc1nn[nH]n1. The summed E-state index contributed by atoms with van der Waals surface area (Å²) >= 11 is 0. The summed E-state index contributed by atoms with van der Waals surface area (Å²) in [5.74, 6) is 1.000. The van der Waals surface area contributed by atoms with Crippen LogP contribution in [0.4, 0.5) is 0 Å². The van der Waals surface area contributed by atoms with Gasteiger partial charge in [0.1, 0.15) is 5.75 Å². The molecule has 0 radical (unpaired) electrons. The quantitative estimate of drug-likeness (QED) is 0.723. The number of nitrogens with one attached hydrogen (secondary N) is 2. The lowest BCUT2D eigenvalue weighted by molar-refractivity contribution is 0.474. The topological polar surface area (TPSA) is 86.7 Å². The number of tetrazole rings is 1. The minimum Gasteiger partial charge on any atom is -0.508 e. The molecule has 88 valence electrons. The van der Waals surface area contributed by atoms with Crippen molar-refractivity contribution in [2.24, 2.45) is 0 Å². The van der Waals surface area contributed by atoms with Crippen LogP contribution in [0.25, 0.3) is 0 Å². The Morgan fingerprint density at radius 2 is 2.41 bits per heavy atom. The first kappa shape index (κ1) is 10.2. The zero-order valence-electron chi connectivity index (χ0n) is 9.22. The smallest absolute Gasteiger partial charge is 0.188 e. The van der Waals surface area contributed by atoms with E-state index in [-0.39, 0.29) is 0 Å². The van der Waals surface area contributed by atoms with Crippen LogP contribution in [0.3, 0.4) is 0 Å². The van der Waals surface area contributed by atoms with Gasteiger partial charge in [-0.1, -0.05) is 11.3 Å². The van der Waals surface area contributed by atoms with Gasteiger partial charge in [-0.3, -0.25) is 0 Å². The third kappa shape index (κ3) is 1.99.